The first kappa shape index (κ1) is 11.1. The summed E-state index contributed by atoms with van der Waals surface area (Å²) in [4.78, 5) is 3.89. The molecule has 2 aromatic heterocycles. The van der Waals surface area contributed by atoms with Crippen molar-refractivity contribution in [3.05, 3.63) is 28.6 Å². The summed E-state index contributed by atoms with van der Waals surface area (Å²) in [6.45, 7) is 1.86. The Morgan fingerprint density at radius 1 is 1.62 bits per heavy atom. The molecule has 16 heavy (non-hydrogen) atoms. The average molecular weight is 242 g/mol. The summed E-state index contributed by atoms with van der Waals surface area (Å²) in [5, 5.41) is 20.9. The van der Waals surface area contributed by atoms with Crippen molar-refractivity contribution in [1.29, 1.82) is 0 Å². The second-order valence-corrected chi connectivity index (χ2v) is 3.93. The Balaban J connectivity index is 2.21. The highest BCUT2D eigenvalue weighted by Gasteiger charge is 2.18. The second-order valence-electron chi connectivity index (χ2n) is 3.57. The van der Waals surface area contributed by atoms with E-state index in [0.29, 0.717) is 17.4 Å². The van der Waals surface area contributed by atoms with Crippen molar-refractivity contribution in [2.45, 2.75) is 19.4 Å². The van der Waals surface area contributed by atoms with Crippen molar-refractivity contribution < 1.29 is 5.11 Å². The third-order valence-electron chi connectivity index (χ3n) is 2.42. The minimum atomic E-state index is -0.747. The molecule has 0 fully saturated rings. The predicted octanol–water partition coefficient (Wildman–Crippen LogP) is 0.776. The molecule has 7 heteroatoms. The summed E-state index contributed by atoms with van der Waals surface area (Å²) in [7, 11) is 1.76. The quantitative estimate of drug-likeness (QED) is 0.832. The maximum atomic E-state index is 9.89. The SMILES string of the molecule is Cc1nn(C)c(Cl)c1CC(O)c1ncn[nH]1. The Kier molecular flexibility index (Phi) is 2.93. The lowest BCUT2D eigenvalue weighted by Gasteiger charge is -2.06. The van der Waals surface area contributed by atoms with Crippen LogP contribution in [-0.4, -0.2) is 30.1 Å². The predicted molar refractivity (Wildman–Crippen MR) is 58.0 cm³/mol. The van der Waals surface area contributed by atoms with E-state index >= 15 is 0 Å². The number of nitrogens with one attached hydrogen (secondary N) is 1. The van der Waals surface area contributed by atoms with Gasteiger partial charge in [0.25, 0.3) is 0 Å². The zero-order chi connectivity index (χ0) is 11.7. The summed E-state index contributed by atoms with van der Waals surface area (Å²) in [5.74, 6) is 0.430. The van der Waals surface area contributed by atoms with Crippen LogP contribution in [0.2, 0.25) is 5.15 Å². The third kappa shape index (κ3) is 1.94. The summed E-state index contributed by atoms with van der Waals surface area (Å²) in [6, 6.07) is 0. The highest BCUT2D eigenvalue weighted by molar-refractivity contribution is 6.30. The lowest BCUT2D eigenvalue weighted by atomic mass is 10.1. The number of aryl methyl sites for hydroxylation is 2. The largest absolute Gasteiger partial charge is 0.385 e. The van der Waals surface area contributed by atoms with Crippen LogP contribution in [0.5, 0.6) is 0 Å². The van der Waals surface area contributed by atoms with Gasteiger partial charge in [-0.15, -0.1) is 0 Å². The molecular weight excluding hydrogens is 230 g/mol. The lowest BCUT2D eigenvalue weighted by Crippen LogP contribution is -2.05. The minimum absolute atomic E-state index is 0.369. The van der Waals surface area contributed by atoms with E-state index in [0.717, 1.165) is 11.3 Å². The van der Waals surface area contributed by atoms with E-state index in [2.05, 4.69) is 20.3 Å². The molecule has 6 nitrogen and oxygen atoms in total. The van der Waals surface area contributed by atoms with Crippen LogP contribution in [0.1, 0.15) is 23.2 Å². The Labute approximate surface area is 97.3 Å². The molecule has 0 aliphatic heterocycles. The second kappa shape index (κ2) is 4.23. The third-order valence-corrected chi connectivity index (χ3v) is 2.89. The monoisotopic (exact) mass is 241 g/mol. The van der Waals surface area contributed by atoms with E-state index in [4.69, 9.17) is 11.6 Å². The molecule has 1 unspecified atom stereocenters. The van der Waals surface area contributed by atoms with Gasteiger partial charge in [0, 0.05) is 19.0 Å². The van der Waals surface area contributed by atoms with Gasteiger partial charge in [-0.05, 0) is 6.92 Å². The molecule has 2 N–H and O–H groups in total. The summed E-state index contributed by atoms with van der Waals surface area (Å²) in [6.07, 6.45) is 0.979. The fourth-order valence-electron chi connectivity index (χ4n) is 1.57. The maximum absolute atomic E-state index is 9.89. The molecule has 86 valence electrons. The van der Waals surface area contributed by atoms with Gasteiger partial charge in [0.05, 0.1) is 5.69 Å². The summed E-state index contributed by atoms with van der Waals surface area (Å²) < 4.78 is 1.58. The highest BCUT2D eigenvalue weighted by atomic mass is 35.5. The van der Waals surface area contributed by atoms with Crippen molar-refractivity contribution >= 4 is 11.6 Å². The van der Waals surface area contributed by atoms with Gasteiger partial charge in [-0.3, -0.25) is 9.78 Å². The van der Waals surface area contributed by atoms with Gasteiger partial charge in [-0.2, -0.15) is 10.2 Å². The highest BCUT2D eigenvalue weighted by Crippen LogP contribution is 2.23. The molecule has 0 saturated carbocycles. The van der Waals surface area contributed by atoms with Crippen LogP contribution in [-0.2, 0) is 13.5 Å². The Bertz CT molecular complexity index is 478. The summed E-state index contributed by atoms with van der Waals surface area (Å²) in [5.41, 5.74) is 1.64. The van der Waals surface area contributed by atoms with Gasteiger partial charge in [-0.25, -0.2) is 4.98 Å². The molecule has 0 aliphatic carbocycles. The molecule has 0 amide bonds. The average Bonchev–Trinajstić information content (AvgIpc) is 2.83. The van der Waals surface area contributed by atoms with Crippen LogP contribution >= 0.6 is 11.6 Å². The first-order chi connectivity index (χ1) is 7.59. The van der Waals surface area contributed by atoms with Gasteiger partial charge < -0.3 is 5.11 Å². The van der Waals surface area contributed by atoms with Crippen molar-refractivity contribution in [2.24, 2.45) is 7.05 Å². The fraction of sp³-hybridized carbons (Fsp3) is 0.444. The molecule has 2 rings (SSSR count). The zero-order valence-electron chi connectivity index (χ0n) is 8.98. The molecule has 0 saturated heterocycles. The number of aliphatic hydroxyl groups excluding tert-OH is 1. The van der Waals surface area contributed by atoms with Crippen LogP contribution in [0.3, 0.4) is 0 Å². The van der Waals surface area contributed by atoms with E-state index in [1.807, 2.05) is 6.92 Å². The number of nitrogens with zero attached hydrogens (tertiary/aromatic N) is 4. The Hall–Kier alpha value is -1.40. The standard InChI is InChI=1S/C9H12ClN5O/c1-5-6(8(10)15(2)14-5)3-7(16)9-11-4-12-13-9/h4,7,16H,3H2,1-2H3,(H,11,12,13). The number of H-pyrrole nitrogens is 1. The molecule has 2 heterocycles. The maximum Gasteiger partial charge on any atom is 0.153 e. The summed E-state index contributed by atoms with van der Waals surface area (Å²) >= 11 is 6.06. The number of aromatic nitrogens is 5. The van der Waals surface area contributed by atoms with Crippen molar-refractivity contribution in [3.63, 3.8) is 0 Å². The van der Waals surface area contributed by atoms with E-state index in [1.54, 1.807) is 11.7 Å². The molecule has 0 aliphatic rings. The zero-order valence-corrected chi connectivity index (χ0v) is 9.73. The number of hydrogen-bond acceptors (Lipinski definition) is 4. The van der Waals surface area contributed by atoms with Gasteiger partial charge in [0.15, 0.2) is 5.82 Å². The van der Waals surface area contributed by atoms with Gasteiger partial charge in [0.1, 0.15) is 17.6 Å². The number of hydrogen-bond donors (Lipinski definition) is 2. The number of rotatable bonds is 3. The topological polar surface area (TPSA) is 79.6 Å². The molecule has 2 aromatic rings. The number of halogens is 1. The molecule has 0 spiro atoms. The van der Waals surface area contributed by atoms with E-state index in [1.165, 1.54) is 6.33 Å². The van der Waals surface area contributed by atoms with Crippen LogP contribution in [0.25, 0.3) is 0 Å². The van der Waals surface area contributed by atoms with Crippen LogP contribution in [0.15, 0.2) is 6.33 Å². The van der Waals surface area contributed by atoms with Gasteiger partial charge in [0.2, 0.25) is 0 Å². The van der Waals surface area contributed by atoms with Gasteiger partial charge in [-0.1, -0.05) is 11.6 Å². The van der Waals surface area contributed by atoms with Crippen LogP contribution in [0, 0.1) is 6.92 Å². The van der Waals surface area contributed by atoms with Crippen molar-refractivity contribution in [3.8, 4) is 0 Å². The van der Waals surface area contributed by atoms with Crippen LogP contribution < -0.4 is 0 Å². The molecule has 1 atom stereocenters. The van der Waals surface area contributed by atoms with Crippen molar-refractivity contribution in [2.75, 3.05) is 0 Å². The van der Waals surface area contributed by atoms with E-state index in [-0.39, 0.29) is 0 Å². The molecule has 0 aromatic carbocycles. The van der Waals surface area contributed by atoms with E-state index in [9.17, 15) is 5.11 Å². The Morgan fingerprint density at radius 3 is 2.88 bits per heavy atom. The number of aromatic amines is 1. The molecule has 0 radical (unpaired) electrons. The Morgan fingerprint density at radius 2 is 2.38 bits per heavy atom. The molecular formula is C9H12ClN5O. The van der Waals surface area contributed by atoms with Crippen molar-refractivity contribution in [1.82, 2.24) is 25.0 Å². The van der Waals surface area contributed by atoms with Crippen LogP contribution in [0.4, 0.5) is 0 Å². The normalized spacial score (nSPS) is 13.0. The minimum Gasteiger partial charge on any atom is -0.385 e. The number of aliphatic hydroxyl groups is 1. The fourth-order valence-corrected chi connectivity index (χ4v) is 1.82. The van der Waals surface area contributed by atoms with Gasteiger partial charge >= 0.3 is 0 Å². The first-order valence-electron chi connectivity index (χ1n) is 4.81. The lowest BCUT2D eigenvalue weighted by molar-refractivity contribution is 0.168. The van der Waals surface area contributed by atoms with E-state index < -0.39 is 6.10 Å². The first-order valence-corrected chi connectivity index (χ1v) is 5.18. The molecule has 0 bridgehead atoms. The smallest absolute Gasteiger partial charge is 0.153 e.